The fourth-order valence-corrected chi connectivity index (χ4v) is 11.5. The van der Waals surface area contributed by atoms with Gasteiger partial charge in [-0.15, -0.1) is 0 Å². The van der Waals surface area contributed by atoms with E-state index in [-0.39, 0.29) is 31.1 Å². The number of allylic oxidation sites excluding steroid dienone is 6. The Balaban J connectivity index is 4.22. The fraction of sp³-hybridized carbons (Fsp3) is 0.883. The van der Waals surface area contributed by atoms with Gasteiger partial charge in [0.1, 0.15) is 13.2 Å². The van der Waals surface area contributed by atoms with Crippen LogP contribution in [0.5, 0.6) is 0 Å². The van der Waals surface area contributed by atoms with Gasteiger partial charge in [0.05, 0.1) is 0 Å². The Labute approximate surface area is 518 Å². The molecule has 0 heterocycles. The Morgan fingerprint density at radius 3 is 0.675 bits per heavy atom. The number of unbranched alkanes of at least 4 members (excludes halogenated alkanes) is 53. The van der Waals surface area contributed by atoms with Gasteiger partial charge in [-0.3, -0.25) is 14.4 Å². The second kappa shape index (κ2) is 72.1. The quantitative estimate of drug-likeness (QED) is 0.0261. The van der Waals surface area contributed by atoms with Crippen molar-refractivity contribution in [2.24, 2.45) is 0 Å². The zero-order valence-corrected chi connectivity index (χ0v) is 56.2. The number of carbonyl (C=O) groups excluding carboxylic acids is 3. The summed E-state index contributed by atoms with van der Waals surface area (Å²) in [5.41, 5.74) is 0. The number of carbonyl (C=O) groups is 3. The van der Waals surface area contributed by atoms with Crippen LogP contribution in [0, 0.1) is 0 Å². The second-order valence-corrected chi connectivity index (χ2v) is 25.6. The highest BCUT2D eigenvalue weighted by Crippen LogP contribution is 2.19. The van der Waals surface area contributed by atoms with Gasteiger partial charge >= 0.3 is 17.9 Å². The third kappa shape index (κ3) is 70.3. The minimum Gasteiger partial charge on any atom is -0.462 e. The van der Waals surface area contributed by atoms with Crippen LogP contribution in [-0.4, -0.2) is 37.2 Å². The van der Waals surface area contributed by atoms with Crippen molar-refractivity contribution in [1.29, 1.82) is 0 Å². The minimum atomic E-state index is -0.771. The maximum Gasteiger partial charge on any atom is 0.306 e. The molecule has 0 amide bonds. The van der Waals surface area contributed by atoms with E-state index in [2.05, 4.69) is 57.2 Å². The lowest BCUT2D eigenvalue weighted by molar-refractivity contribution is -0.167. The lowest BCUT2D eigenvalue weighted by atomic mass is 10.0. The fourth-order valence-electron chi connectivity index (χ4n) is 11.5. The lowest BCUT2D eigenvalue weighted by Gasteiger charge is -2.18. The summed E-state index contributed by atoms with van der Waals surface area (Å²) < 4.78 is 17.0. The maximum absolute atomic E-state index is 13.0. The van der Waals surface area contributed by atoms with Crippen molar-refractivity contribution in [2.45, 2.75) is 425 Å². The average molecular weight is 1170 g/mol. The molecule has 0 aromatic rings. The summed E-state index contributed by atoms with van der Waals surface area (Å²) in [6, 6.07) is 0. The minimum absolute atomic E-state index is 0.0665. The molecule has 0 saturated heterocycles. The number of ether oxygens (including phenoxy) is 3. The first kappa shape index (κ1) is 80.6. The van der Waals surface area contributed by atoms with E-state index in [1.165, 1.54) is 315 Å². The van der Waals surface area contributed by atoms with Crippen LogP contribution in [0.2, 0.25) is 0 Å². The van der Waals surface area contributed by atoms with E-state index in [9.17, 15) is 14.4 Å². The molecule has 83 heavy (non-hydrogen) atoms. The molecule has 0 saturated carbocycles. The molecule has 1 atom stereocenters. The molecule has 0 rings (SSSR count). The normalized spacial score (nSPS) is 12.2. The summed E-state index contributed by atoms with van der Waals surface area (Å²) in [5, 5.41) is 0. The van der Waals surface area contributed by atoms with Crippen molar-refractivity contribution in [3.63, 3.8) is 0 Å². The molecule has 0 aliphatic rings. The highest BCUT2D eigenvalue weighted by atomic mass is 16.6. The molecule has 1 unspecified atom stereocenters. The molecule has 0 aliphatic heterocycles. The molecule has 0 aliphatic carbocycles. The monoisotopic (exact) mass is 1170 g/mol. The number of hydrogen-bond acceptors (Lipinski definition) is 6. The Kier molecular flexibility index (Phi) is 70.0. The maximum atomic E-state index is 13.0. The molecule has 6 heteroatoms. The molecule has 0 aromatic heterocycles. The Morgan fingerprint density at radius 1 is 0.241 bits per heavy atom. The van der Waals surface area contributed by atoms with Crippen LogP contribution in [0.25, 0.3) is 0 Å². The van der Waals surface area contributed by atoms with Crippen molar-refractivity contribution in [2.75, 3.05) is 13.2 Å². The standard InChI is InChI=1S/C77H144O6/c1-4-7-10-13-16-19-22-25-28-30-32-34-35-36-37-38-39-40-41-43-44-46-49-52-55-58-61-64-67-70-76(79)82-73-74(72-81-75(78)69-66-63-60-57-54-51-48-27-24-21-18-15-12-9-6-3)83-77(80)71-68-65-62-59-56-53-50-47-45-42-33-31-29-26-23-20-17-14-11-8-5-2/h22,25,30-33,74H,4-21,23-24,26-29,34-73H2,1-3H3/b25-22-,32-30-,33-31-. The number of hydrogen-bond donors (Lipinski definition) is 0. The van der Waals surface area contributed by atoms with E-state index in [4.69, 9.17) is 14.2 Å². The zero-order valence-electron chi connectivity index (χ0n) is 56.2. The van der Waals surface area contributed by atoms with Gasteiger partial charge in [-0.25, -0.2) is 0 Å². The van der Waals surface area contributed by atoms with E-state index in [0.29, 0.717) is 19.3 Å². The smallest absolute Gasteiger partial charge is 0.306 e. The molecular weight excluding hydrogens is 1020 g/mol. The van der Waals surface area contributed by atoms with E-state index in [1.807, 2.05) is 0 Å². The summed E-state index contributed by atoms with van der Waals surface area (Å²) in [6.45, 7) is 6.71. The van der Waals surface area contributed by atoms with E-state index < -0.39 is 6.10 Å². The SMILES string of the molecule is CCCCCCC/C=C\C/C=C\CCCCCCCCCCCCCCCCCCCC(=O)OCC(COC(=O)CCCCCCCCCCCCCCCCC)OC(=O)CCCCCCCCCCC/C=C\CCCCCCCCCC. The van der Waals surface area contributed by atoms with Crippen molar-refractivity contribution in [3.8, 4) is 0 Å². The molecule has 0 bridgehead atoms. The lowest BCUT2D eigenvalue weighted by Crippen LogP contribution is -2.30. The van der Waals surface area contributed by atoms with Crippen molar-refractivity contribution < 1.29 is 28.6 Å². The molecule has 0 fully saturated rings. The molecule has 0 aromatic carbocycles. The highest BCUT2D eigenvalue weighted by Gasteiger charge is 2.20. The van der Waals surface area contributed by atoms with E-state index in [0.717, 1.165) is 64.2 Å². The van der Waals surface area contributed by atoms with Gasteiger partial charge < -0.3 is 14.2 Å². The average Bonchev–Trinajstić information content (AvgIpc) is 3.49. The van der Waals surface area contributed by atoms with E-state index >= 15 is 0 Å². The first-order valence-electron chi connectivity index (χ1n) is 37.5. The predicted molar refractivity (Wildman–Crippen MR) is 362 cm³/mol. The topological polar surface area (TPSA) is 78.9 Å². The molecule has 0 spiro atoms. The van der Waals surface area contributed by atoms with Crippen LogP contribution in [0.4, 0.5) is 0 Å². The van der Waals surface area contributed by atoms with Crippen LogP contribution in [0.3, 0.4) is 0 Å². The van der Waals surface area contributed by atoms with Crippen LogP contribution < -0.4 is 0 Å². The van der Waals surface area contributed by atoms with Crippen molar-refractivity contribution in [3.05, 3.63) is 36.5 Å². The van der Waals surface area contributed by atoms with Gasteiger partial charge in [0.25, 0.3) is 0 Å². The van der Waals surface area contributed by atoms with Gasteiger partial charge in [-0.2, -0.15) is 0 Å². The van der Waals surface area contributed by atoms with Gasteiger partial charge in [0, 0.05) is 19.3 Å². The summed E-state index contributed by atoms with van der Waals surface area (Å²) in [7, 11) is 0. The highest BCUT2D eigenvalue weighted by molar-refractivity contribution is 5.71. The molecular formula is C77H144O6. The van der Waals surface area contributed by atoms with Gasteiger partial charge in [0.2, 0.25) is 0 Å². The Bertz CT molecular complexity index is 1380. The number of rotatable bonds is 70. The van der Waals surface area contributed by atoms with Crippen LogP contribution in [-0.2, 0) is 28.6 Å². The van der Waals surface area contributed by atoms with Gasteiger partial charge in [0.15, 0.2) is 6.10 Å². The first-order valence-corrected chi connectivity index (χ1v) is 37.5. The molecule has 6 nitrogen and oxygen atoms in total. The van der Waals surface area contributed by atoms with Crippen LogP contribution in [0.15, 0.2) is 36.5 Å². The Morgan fingerprint density at radius 2 is 0.434 bits per heavy atom. The van der Waals surface area contributed by atoms with Crippen LogP contribution in [0.1, 0.15) is 419 Å². The summed E-state index contributed by atoms with van der Waals surface area (Å²) in [4.78, 5) is 38.5. The Hall–Kier alpha value is -2.37. The summed E-state index contributed by atoms with van der Waals surface area (Å²) in [6.07, 6.45) is 90.4. The van der Waals surface area contributed by atoms with Gasteiger partial charge in [-0.1, -0.05) is 359 Å². The third-order valence-corrected chi connectivity index (χ3v) is 17.1. The predicted octanol–water partition coefficient (Wildman–Crippen LogP) is 25.9. The summed E-state index contributed by atoms with van der Waals surface area (Å²) in [5.74, 6) is -0.835. The van der Waals surface area contributed by atoms with Crippen LogP contribution >= 0.6 is 0 Å². The largest absolute Gasteiger partial charge is 0.462 e. The second-order valence-electron chi connectivity index (χ2n) is 25.6. The van der Waals surface area contributed by atoms with Crippen molar-refractivity contribution >= 4 is 17.9 Å². The third-order valence-electron chi connectivity index (χ3n) is 17.1. The molecule has 0 N–H and O–H groups in total. The first-order chi connectivity index (χ1) is 41.0. The van der Waals surface area contributed by atoms with E-state index in [1.54, 1.807) is 0 Å². The number of esters is 3. The molecule has 0 radical (unpaired) electrons. The van der Waals surface area contributed by atoms with Gasteiger partial charge in [-0.05, 0) is 77.0 Å². The summed E-state index contributed by atoms with van der Waals surface area (Å²) >= 11 is 0. The molecule has 488 valence electrons. The zero-order chi connectivity index (χ0) is 59.9. The van der Waals surface area contributed by atoms with Crippen molar-refractivity contribution in [1.82, 2.24) is 0 Å².